The van der Waals surface area contributed by atoms with Gasteiger partial charge in [0.05, 0.1) is 0 Å². The molecule has 0 spiro atoms. The molecule has 11 heavy (non-hydrogen) atoms. The van der Waals surface area contributed by atoms with E-state index in [2.05, 4.69) is 31.9 Å². The molecule has 60 valence electrons. The number of hydrogen-bond donors (Lipinski definition) is 1. The second kappa shape index (κ2) is 3.69. The van der Waals surface area contributed by atoms with Crippen LogP contribution in [-0.2, 0) is 5.33 Å². The zero-order valence-electron chi connectivity index (χ0n) is 5.30. The van der Waals surface area contributed by atoms with E-state index in [1.807, 2.05) is 0 Å². The number of thiophene rings is 1. The Bertz CT molecular complexity index is 282. The summed E-state index contributed by atoms with van der Waals surface area (Å²) in [5, 5.41) is 9.28. The summed E-state index contributed by atoms with van der Waals surface area (Å²) in [5.41, 5.74) is 0. The molecule has 1 aromatic heterocycles. The van der Waals surface area contributed by atoms with E-state index >= 15 is 0 Å². The molecular formula is C6H4Br2O2S. The van der Waals surface area contributed by atoms with Gasteiger partial charge in [0.2, 0.25) is 0 Å². The number of hydrogen-bond acceptors (Lipinski definition) is 2. The highest BCUT2D eigenvalue weighted by atomic mass is 79.9. The van der Waals surface area contributed by atoms with Crippen molar-refractivity contribution in [3.8, 4) is 0 Å². The minimum atomic E-state index is -0.872. The van der Waals surface area contributed by atoms with Gasteiger partial charge in [0.15, 0.2) is 0 Å². The first-order valence-corrected chi connectivity index (χ1v) is 5.45. The van der Waals surface area contributed by atoms with Gasteiger partial charge in [-0.3, -0.25) is 0 Å². The van der Waals surface area contributed by atoms with E-state index in [0.717, 1.165) is 9.35 Å². The molecule has 0 fully saturated rings. The third-order valence-electron chi connectivity index (χ3n) is 1.09. The molecule has 2 nitrogen and oxygen atoms in total. The van der Waals surface area contributed by atoms with Crippen LogP contribution in [0.1, 0.15) is 14.5 Å². The standard InChI is InChI=1S/C6H4Br2O2S/c7-2-5-3(8)1-4(11-5)6(9)10/h1H,2H2,(H,9,10). The highest BCUT2D eigenvalue weighted by Gasteiger charge is 2.10. The first-order valence-electron chi connectivity index (χ1n) is 2.72. The zero-order valence-corrected chi connectivity index (χ0v) is 9.29. The van der Waals surface area contributed by atoms with Gasteiger partial charge in [0.25, 0.3) is 0 Å². The van der Waals surface area contributed by atoms with E-state index < -0.39 is 5.97 Å². The fourth-order valence-corrected chi connectivity index (χ4v) is 3.13. The highest BCUT2D eigenvalue weighted by Crippen LogP contribution is 2.29. The maximum Gasteiger partial charge on any atom is 0.345 e. The molecule has 0 radical (unpaired) electrons. The maximum absolute atomic E-state index is 10.5. The first-order chi connectivity index (χ1) is 5.15. The largest absolute Gasteiger partial charge is 0.477 e. The Morgan fingerprint density at radius 2 is 2.36 bits per heavy atom. The van der Waals surface area contributed by atoms with E-state index in [4.69, 9.17) is 5.11 Å². The van der Waals surface area contributed by atoms with Crippen molar-refractivity contribution in [2.24, 2.45) is 0 Å². The number of carboxylic acid groups (broad SMARTS) is 1. The lowest BCUT2D eigenvalue weighted by Crippen LogP contribution is -1.89. The quantitative estimate of drug-likeness (QED) is 0.852. The van der Waals surface area contributed by atoms with Crippen LogP contribution in [0.3, 0.4) is 0 Å². The minimum absolute atomic E-state index is 0.367. The van der Waals surface area contributed by atoms with Crippen LogP contribution < -0.4 is 0 Å². The fourth-order valence-electron chi connectivity index (χ4n) is 0.603. The summed E-state index contributed by atoms with van der Waals surface area (Å²) in [6.07, 6.45) is 0. The molecule has 0 bridgehead atoms. The van der Waals surface area contributed by atoms with Crippen molar-refractivity contribution < 1.29 is 9.90 Å². The molecule has 1 aromatic rings. The number of carbonyl (C=O) groups is 1. The number of carboxylic acids is 1. The average Bonchev–Trinajstić information content (AvgIpc) is 2.31. The van der Waals surface area contributed by atoms with Crippen molar-refractivity contribution in [3.63, 3.8) is 0 Å². The van der Waals surface area contributed by atoms with Crippen molar-refractivity contribution in [2.45, 2.75) is 5.33 Å². The molecule has 0 atom stereocenters. The topological polar surface area (TPSA) is 37.3 Å². The van der Waals surface area contributed by atoms with Crippen molar-refractivity contribution in [1.82, 2.24) is 0 Å². The van der Waals surface area contributed by atoms with Gasteiger partial charge in [-0.2, -0.15) is 0 Å². The van der Waals surface area contributed by atoms with Gasteiger partial charge in [0, 0.05) is 14.7 Å². The molecule has 0 aliphatic rings. The Morgan fingerprint density at radius 1 is 1.73 bits per heavy atom. The third-order valence-corrected chi connectivity index (χ3v) is 4.11. The summed E-state index contributed by atoms with van der Waals surface area (Å²) in [7, 11) is 0. The first kappa shape index (κ1) is 9.22. The molecule has 0 aliphatic heterocycles. The van der Waals surface area contributed by atoms with E-state index in [0.29, 0.717) is 10.2 Å². The Hall–Kier alpha value is 0.130. The molecule has 0 saturated heterocycles. The predicted molar refractivity (Wildman–Crippen MR) is 51.6 cm³/mol. The van der Waals surface area contributed by atoms with Gasteiger partial charge in [-0.15, -0.1) is 11.3 Å². The smallest absolute Gasteiger partial charge is 0.345 e. The van der Waals surface area contributed by atoms with E-state index in [-0.39, 0.29) is 0 Å². The van der Waals surface area contributed by atoms with Gasteiger partial charge in [0.1, 0.15) is 4.88 Å². The number of rotatable bonds is 2. The molecule has 1 rings (SSSR count). The van der Waals surface area contributed by atoms with E-state index in [9.17, 15) is 4.79 Å². The number of halogens is 2. The lowest BCUT2D eigenvalue weighted by molar-refractivity contribution is 0.0702. The molecule has 1 N–H and O–H groups in total. The normalized spacial score (nSPS) is 10.0. The summed E-state index contributed by atoms with van der Waals surface area (Å²) >= 11 is 7.80. The van der Waals surface area contributed by atoms with Crippen LogP contribution in [0.4, 0.5) is 0 Å². The van der Waals surface area contributed by atoms with Crippen LogP contribution in [0.2, 0.25) is 0 Å². The van der Waals surface area contributed by atoms with Crippen molar-refractivity contribution in [1.29, 1.82) is 0 Å². The number of alkyl halides is 1. The molecule has 1 heterocycles. The molecular weight excluding hydrogens is 296 g/mol. The van der Waals surface area contributed by atoms with Gasteiger partial charge in [-0.05, 0) is 22.0 Å². The monoisotopic (exact) mass is 298 g/mol. The van der Waals surface area contributed by atoms with Crippen LogP contribution in [-0.4, -0.2) is 11.1 Å². The molecule has 0 aliphatic carbocycles. The average molecular weight is 300 g/mol. The highest BCUT2D eigenvalue weighted by molar-refractivity contribution is 9.10. The molecule has 0 aromatic carbocycles. The molecule has 5 heteroatoms. The Morgan fingerprint density at radius 3 is 2.64 bits per heavy atom. The summed E-state index contributed by atoms with van der Waals surface area (Å²) in [4.78, 5) is 11.8. The van der Waals surface area contributed by atoms with Crippen molar-refractivity contribution in [2.75, 3.05) is 0 Å². The lowest BCUT2D eigenvalue weighted by atomic mass is 10.4. The second-order valence-corrected chi connectivity index (χ2v) is 4.37. The number of aromatic carboxylic acids is 1. The molecule has 0 amide bonds. The summed E-state index contributed by atoms with van der Waals surface area (Å²) < 4.78 is 0.858. The van der Waals surface area contributed by atoms with Gasteiger partial charge < -0.3 is 5.11 Å². The van der Waals surface area contributed by atoms with Crippen LogP contribution in [0.15, 0.2) is 10.5 Å². The van der Waals surface area contributed by atoms with E-state index in [1.54, 1.807) is 6.07 Å². The molecule has 0 saturated carbocycles. The summed E-state index contributed by atoms with van der Waals surface area (Å²) in [6, 6.07) is 1.61. The van der Waals surface area contributed by atoms with Gasteiger partial charge in [-0.1, -0.05) is 15.9 Å². The predicted octanol–water partition coefficient (Wildman–Crippen LogP) is 3.10. The third kappa shape index (κ3) is 2.04. The zero-order chi connectivity index (χ0) is 8.43. The Kier molecular flexibility index (Phi) is 3.09. The van der Waals surface area contributed by atoms with Crippen molar-refractivity contribution in [3.05, 3.63) is 20.3 Å². The van der Waals surface area contributed by atoms with Crippen LogP contribution in [0.5, 0.6) is 0 Å². The van der Waals surface area contributed by atoms with E-state index in [1.165, 1.54) is 11.3 Å². The Labute approximate surface area is 84.5 Å². The summed E-state index contributed by atoms with van der Waals surface area (Å²) in [6.45, 7) is 0. The summed E-state index contributed by atoms with van der Waals surface area (Å²) in [5.74, 6) is -0.872. The fraction of sp³-hybridized carbons (Fsp3) is 0.167. The SMILES string of the molecule is O=C(O)c1cc(Br)c(CBr)s1. The van der Waals surface area contributed by atoms with Crippen LogP contribution in [0, 0.1) is 0 Å². The Balaban J connectivity index is 3.05. The maximum atomic E-state index is 10.5. The minimum Gasteiger partial charge on any atom is -0.477 e. The lowest BCUT2D eigenvalue weighted by Gasteiger charge is -1.84. The second-order valence-electron chi connectivity index (χ2n) is 1.82. The van der Waals surface area contributed by atoms with Gasteiger partial charge in [-0.25, -0.2) is 4.79 Å². The van der Waals surface area contributed by atoms with Crippen molar-refractivity contribution >= 4 is 49.2 Å². The van der Waals surface area contributed by atoms with Crippen LogP contribution in [0.25, 0.3) is 0 Å². The van der Waals surface area contributed by atoms with Gasteiger partial charge >= 0.3 is 5.97 Å². The van der Waals surface area contributed by atoms with Crippen LogP contribution >= 0.6 is 43.2 Å². The molecule has 0 unspecified atom stereocenters.